The van der Waals surface area contributed by atoms with Crippen molar-refractivity contribution in [2.24, 2.45) is 17.8 Å². The molecule has 6 rings (SSSR count). The van der Waals surface area contributed by atoms with Crippen LogP contribution in [0.15, 0.2) is 58.4 Å². The lowest BCUT2D eigenvalue weighted by Gasteiger charge is -2.40. The number of nitrogens with one attached hydrogen (secondary N) is 1. The molecule has 1 aromatic heterocycles. The molecule has 0 unspecified atom stereocenters. The monoisotopic (exact) mass is 512 g/mol. The van der Waals surface area contributed by atoms with Crippen LogP contribution in [0.4, 0.5) is 5.69 Å². The molecule has 1 aliphatic heterocycles. The summed E-state index contributed by atoms with van der Waals surface area (Å²) in [6.07, 6.45) is 3.84. The summed E-state index contributed by atoms with van der Waals surface area (Å²) < 4.78 is 6.87. The first kappa shape index (κ1) is 22.3. The van der Waals surface area contributed by atoms with Crippen molar-refractivity contribution in [3.05, 3.63) is 73.7 Å². The number of anilines is 1. The molecule has 0 saturated heterocycles. The fraction of sp³-hybridized carbons (Fsp3) is 0.385. The summed E-state index contributed by atoms with van der Waals surface area (Å²) in [6, 6.07) is 15.3. The van der Waals surface area contributed by atoms with Gasteiger partial charge >= 0.3 is 4.87 Å². The van der Waals surface area contributed by atoms with Gasteiger partial charge in [-0.2, -0.15) is 0 Å². The first-order valence-electron chi connectivity index (χ1n) is 11.6. The van der Waals surface area contributed by atoms with Crippen LogP contribution in [0.2, 0.25) is 5.02 Å². The van der Waals surface area contributed by atoms with Crippen LogP contribution in [0, 0.1) is 17.8 Å². The van der Waals surface area contributed by atoms with Gasteiger partial charge in [-0.3, -0.25) is 14.2 Å². The van der Waals surface area contributed by atoms with E-state index < -0.39 is 0 Å². The summed E-state index contributed by atoms with van der Waals surface area (Å²) in [5.41, 5.74) is 1.91. The number of halogens is 1. The number of nitrogens with zero attached hydrogens (tertiary/aromatic N) is 1. The average molecular weight is 513 g/mol. The van der Waals surface area contributed by atoms with Crippen molar-refractivity contribution in [1.29, 1.82) is 0 Å². The number of hydrogen-bond acceptors (Lipinski definition) is 5. The summed E-state index contributed by atoms with van der Waals surface area (Å²) in [6.45, 7) is 0.0164. The Labute approximate surface area is 211 Å². The van der Waals surface area contributed by atoms with E-state index in [1.54, 1.807) is 35.9 Å². The molecule has 2 aliphatic carbocycles. The van der Waals surface area contributed by atoms with Crippen LogP contribution >= 0.6 is 34.7 Å². The molecular weight excluding hydrogens is 488 g/mol. The quantitative estimate of drug-likeness (QED) is 0.465. The number of benzene rings is 2. The molecule has 1 amide bonds. The van der Waals surface area contributed by atoms with E-state index in [1.807, 2.05) is 23.9 Å². The number of carbonyl (C=O) groups excluding carboxylic acids is 1. The van der Waals surface area contributed by atoms with Crippen molar-refractivity contribution in [3.8, 4) is 5.75 Å². The van der Waals surface area contributed by atoms with Crippen molar-refractivity contribution >= 4 is 46.3 Å². The van der Waals surface area contributed by atoms with Crippen LogP contribution in [0.1, 0.15) is 35.6 Å². The first-order valence-corrected chi connectivity index (χ1v) is 13.7. The maximum atomic E-state index is 13.2. The van der Waals surface area contributed by atoms with Crippen LogP contribution in [0.25, 0.3) is 0 Å². The molecule has 2 fully saturated rings. The van der Waals surface area contributed by atoms with Crippen LogP contribution in [-0.4, -0.2) is 22.8 Å². The first-order chi connectivity index (χ1) is 16.5. The van der Waals surface area contributed by atoms with Gasteiger partial charge in [0.2, 0.25) is 5.91 Å². The van der Waals surface area contributed by atoms with E-state index in [9.17, 15) is 9.59 Å². The van der Waals surface area contributed by atoms with Crippen LogP contribution in [0.5, 0.6) is 5.75 Å². The van der Waals surface area contributed by atoms with Gasteiger partial charge in [-0.15, -0.1) is 11.8 Å². The molecule has 1 N–H and O–H groups in total. The van der Waals surface area contributed by atoms with E-state index in [1.165, 1.54) is 36.2 Å². The molecule has 34 heavy (non-hydrogen) atoms. The summed E-state index contributed by atoms with van der Waals surface area (Å²) in [5.74, 6) is 2.66. The zero-order valence-electron chi connectivity index (χ0n) is 18.7. The number of amides is 1. The number of fused-ring (bicyclic) bond motifs is 6. The average Bonchev–Trinajstić information content (AvgIpc) is 3.53. The van der Waals surface area contributed by atoms with E-state index in [4.69, 9.17) is 16.3 Å². The number of rotatable bonds is 5. The zero-order valence-corrected chi connectivity index (χ0v) is 21.1. The third-order valence-electron chi connectivity index (χ3n) is 7.60. The lowest BCUT2D eigenvalue weighted by molar-refractivity contribution is -0.116. The van der Waals surface area contributed by atoms with Gasteiger partial charge in [0, 0.05) is 26.8 Å². The van der Waals surface area contributed by atoms with E-state index in [0.717, 1.165) is 20.7 Å². The summed E-state index contributed by atoms with van der Waals surface area (Å²) in [5, 5.41) is 5.11. The molecular formula is C26H25ClN2O3S2. The van der Waals surface area contributed by atoms with Gasteiger partial charge in [-0.25, -0.2) is 0 Å². The minimum Gasteiger partial charge on any atom is -0.497 e. The smallest absolute Gasteiger partial charge is 0.308 e. The highest BCUT2D eigenvalue weighted by Crippen LogP contribution is 2.64. The molecule has 2 bridgehead atoms. The van der Waals surface area contributed by atoms with E-state index >= 15 is 0 Å². The largest absolute Gasteiger partial charge is 0.497 e. The standard InChI is InChI=1S/C26H25ClN2O3S2/c1-32-19-10-8-18(9-11-19)28-20(30)13-29-25-24(34-26(29)31)21(14-4-6-17(27)7-5-14)22-15-2-3-16(12-15)23(22)33-25/h4-11,15-16,21-23H,2-3,12-13H2,1H3,(H,28,30)/t15-,16+,21+,22-,23+/m1/s1. The maximum absolute atomic E-state index is 13.2. The van der Waals surface area contributed by atoms with Crippen molar-refractivity contribution in [2.45, 2.75) is 42.0 Å². The molecule has 5 atom stereocenters. The SMILES string of the molecule is COc1ccc(NC(=O)Cn2c3c(sc2=O)[C@@H](c2ccc(Cl)cc2)[C@H]2[C@@H]4CC[C@@H](C4)[C@@H]2S3)cc1. The fourth-order valence-corrected chi connectivity index (χ4v) is 9.43. The van der Waals surface area contributed by atoms with Crippen molar-refractivity contribution < 1.29 is 9.53 Å². The Balaban J connectivity index is 1.33. The van der Waals surface area contributed by atoms with Gasteiger partial charge in [0.15, 0.2) is 0 Å². The molecule has 0 radical (unpaired) electrons. The molecule has 3 aromatic rings. The molecule has 5 nitrogen and oxygen atoms in total. The third kappa shape index (κ3) is 3.78. The van der Waals surface area contributed by atoms with E-state index in [0.29, 0.717) is 28.7 Å². The number of carbonyl (C=O) groups is 1. The predicted molar refractivity (Wildman–Crippen MR) is 137 cm³/mol. The number of ether oxygens (including phenoxy) is 1. The van der Waals surface area contributed by atoms with Gasteiger partial charge in [0.1, 0.15) is 12.3 Å². The second-order valence-electron chi connectivity index (χ2n) is 9.42. The number of aromatic nitrogens is 1. The van der Waals surface area contributed by atoms with E-state index in [2.05, 4.69) is 17.4 Å². The van der Waals surface area contributed by atoms with Gasteiger partial charge in [0.25, 0.3) is 0 Å². The Morgan fingerprint density at radius 1 is 1.12 bits per heavy atom. The van der Waals surface area contributed by atoms with Crippen LogP contribution < -0.4 is 14.9 Å². The molecule has 3 aliphatic rings. The minimum absolute atomic E-state index is 0.0164. The Morgan fingerprint density at radius 2 is 1.85 bits per heavy atom. The maximum Gasteiger partial charge on any atom is 0.308 e. The number of methoxy groups -OCH3 is 1. The highest BCUT2D eigenvalue weighted by Gasteiger charge is 2.55. The Morgan fingerprint density at radius 3 is 2.59 bits per heavy atom. The van der Waals surface area contributed by atoms with Crippen LogP contribution in [-0.2, 0) is 11.3 Å². The third-order valence-corrected chi connectivity index (χ3v) is 10.7. The number of thiazole rings is 1. The highest BCUT2D eigenvalue weighted by atomic mass is 35.5. The predicted octanol–water partition coefficient (Wildman–Crippen LogP) is 5.86. The van der Waals surface area contributed by atoms with Crippen LogP contribution in [0.3, 0.4) is 0 Å². The number of hydrogen-bond donors (Lipinski definition) is 1. The summed E-state index contributed by atoms with van der Waals surface area (Å²) >= 11 is 9.34. The van der Waals surface area contributed by atoms with Crippen molar-refractivity contribution in [2.75, 3.05) is 12.4 Å². The zero-order chi connectivity index (χ0) is 23.4. The number of thioether (sulfide) groups is 1. The van der Waals surface area contributed by atoms with Crippen molar-refractivity contribution in [1.82, 2.24) is 4.57 Å². The lowest BCUT2D eigenvalue weighted by atomic mass is 9.75. The Hall–Kier alpha value is -2.22. The molecule has 0 spiro atoms. The molecule has 2 saturated carbocycles. The van der Waals surface area contributed by atoms with Crippen molar-refractivity contribution in [3.63, 3.8) is 0 Å². The molecule has 176 valence electrons. The summed E-state index contributed by atoms with van der Waals surface area (Å²) in [4.78, 5) is 27.1. The Bertz CT molecular complexity index is 1280. The van der Waals surface area contributed by atoms with Gasteiger partial charge in [0.05, 0.1) is 12.1 Å². The molecule has 2 aromatic carbocycles. The van der Waals surface area contributed by atoms with E-state index in [-0.39, 0.29) is 23.2 Å². The minimum atomic E-state index is -0.202. The van der Waals surface area contributed by atoms with Gasteiger partial charge in [-0.05, 0) is 79.0 Å². The van der Waals surface area contributed by atoms with Gasteiger partial charge < -0.3 is 10.1 Å². The highest BCUT2D eigenvalue weighted by molar-refractivity contribution is 8.00. The summed E-state index contributed by atoms with van der Waals surface area (Å²) in [7, 11) is 1.61. The Kier molecular flexibility index (Phi) is 5.74. The second kappa shape index (κ2) is 8.77. The second-order valence-corrected chi connectivity index (χ2v) is 12.0. The lowest BCUT2D eigenvalue weighted by Crippen LogP contribution is -2.34. The normalized spacial score (nSPS) is 26.7. The topological polar surface area (TPSA) is 60.3 Å². The molecule has 2 heterocycles. The molecule has 8 heteroatoms. The van der Waals surface area contributed by atoms with Gasteiger partial charge in [-0.1, -0.05) is 35.1 Å². The fourth-order valence-electron chi connectivity index (χ4n) is 6.15.